The third-order valence-corrected chi connectivity index (χ3v) is 2.57. The van der Waals surface area contributed by atoms with Crippen LogP contribution in [0.15, 0.2) is 24.9 Å². The van der Waals surface area contributed by atoms with Gasteiger partial charge < -0.3 is 11.1 Å². The normalized spacial score (nSPS) is 14.7. The summed E-state index contributed by atoms with van der Waals surface area (Å²) in [5.41, 5.74) is 7.07. The minimum Gasteiger partial charge on any atom is -0.391 e. The molecule has 13 heavy (non-hydrogen) atoms. The Bertz CT molecular complexity index is 175. The van der Waals surface area contributed by atoms with Crippen LogP contribution in [0, 0.1) is 0 Å². The van der Waals surface area contributed by atoms with Gasteiger partial charge in [0.2, 0.25) is 0 Å². The summed E-state index contributed by atoms with van der Waals surface area (Å²) in [5.74, 6) is 0. The molecule has 0 aliphatic heterocycles. The van der Waals surface area contributed by atoms with E-state index in [0.717, 1.165) is 31.4 Å². The van der Waals surface area contributed by atoms with Crippen molar-refractivity contribution >= 4 is 0 Å². The van der Waals surface area contributed by atoms with Crippen LogP contribution in [0.5, 0.6) is 0 Å². The van der Waals surface area contributed by atoms with E-state index in [1.54, 1.807) is 6.20 Å². The maximum absolute atomic E-state index is 6.17. The molecule has 0 aromatic rings. The molecule has 0 saturated carbocycles. The quantitative estimate of drug-likeness (QED) is 0.468. The van der Waals surface area contributed by atoms with Crippen LogP contribution in [0.2, 0.25) is 0 Å². The Hall–Kier alpha value is -0.760. The summed E-state index contributed by atoms with van der Waals surface area (Å²) in [6.07, 6.45) is 4.71. The third kappa shape index (κ3) is 4.13. The summed E-state index contributed by atoms with van der Waals surface area (Å²) in [5, 5.41) is 3.06. The van der Waals surface area contributed by atoms with Crippen LogP contribution >= 0.6 is 0 Å². The first-order chi connectivity index (χ1) is 6.06. The van der Waals surface area contributed by atoms with Crippen LogP contribution in [0.3, 0.4) is 0 Å². The molecule has 0 heterocycles. The molecule has 76 valence electrons. The molecule has 0 fully saturated rings. The Morgan fingerprint density at radius 2 is 2.23 bits per heavy atom. The zero-order valence-electron chi connectivity index (χ0n) is 8.90. The number of rotatable bonds is 7. The van der Waals surface area contributed by atoms with Crippen molar-refractivity contribution in [1.82, 2.24) is 5.32 Å². The zero-order chi connectivity index (χ0) is 10.3. The third-order valence-electron chi connectivity index (χ3n) is 2.57. The molecular formula is C11H22N2. The first kappa shape index (κ1) is 12.2. The molecule has 0 aliphatic rings. The van der Waals surface area contributed by atoms with E-state index in [-0.39, 0.29) is 5.54 Å². The Balaban J connectivity index is 3.84. The van der Waals surface area contributed by atoms with Gasteiger partial charge in [0.25, 0.3) is 0 Å². The fourth-order valence-corrected chi connectivity index (χ4v) is 1.30. The van der Waals surface area contributed by atoms with E-state index in [1.807, 2.05) is 6.92 Å². The molecule has 0 spiro atoms. The highest BCUT2D eigenvalue weighted by molar-refractivity contribution is 5.12. The first-order valence-electron chi connectivity index (χ1n) is 4.86. The molecular weight excluding hydrogens is 160 g/mol. The van der Waals surface area contributed by atoms with Gasteiger partial charge in [0.1, 0.15) is 0 Å². The average Bonchev–Trinajstić information content (AvgIpc) is 2.12. The highest BCUT2D eigenvalue weighted by atomic mass is 14.8. The van der Waals surface area contributed by atoms with Gasteiger partial charge in [-0.1, -0.05) is 25.7 Å². The number of hydrogen-bond acceptors (Lipinski definition) is 2. The minimum atomic E-state index is -0.178. The second-order valence-electron chi connectivity index (χ2n) is 3.55. The highest BCUT2D eigenvalue weighted by Gasteiger charge is 2.22. The first-order valence-corrected chi connectivity index (χ1v) is 4.86. The molecule has 2 heteroatoms. The minimum absolute atomic E-state index is 0.178. The monoisotopic (exact) mass is 182 g/mol. The molecule has 1 unspecified atom stereocenters. The van der Waals surface area contributed by atoms with Crippen LogP contribution in [-0.4, -0.2) is 12.1 Å². The smallest absolute Gasteiger partial charge is 0.0361 e. The van der Waals surface area contributed by atoms with Gasteiger partial charge in [0.05, 0.1) is 0 Å². The number of nitrogens with one attached hydrogen (secondary N) is 1. The van der Waals surface area contributed by atoms with Crippen molar-refractivity contribution in [2.24, 2.45) is 5.73 Å². The van der Waals surface area contributed by atoms with Crippen molar-refractivity contribution in [2.75, 3.05) is 6.54 Å². The molecule has 0 aliphatic carbocycles. The Morgan fingerprint density at radius 1 is 1.62 bits per heavy atom. The molecule has 0 amide bonds. The van der Waals surface area contributed by atoms with Crippen molar-refractivity contribution in [3.8, 4) is 0 Å². The Kier molecular flexibility index (Phi) is 5.47. The fourth-order valence-electron chi connectivity index (χ4n) is 1.30. The molecule has 0 rings (SSSR count). The maximum atomic E-state index is 6.17. The second-order valence-corrected chi connectivity index (χ2v) is 3.55. The van der Waals surface area contributed by atoms with Gasteiger partial charge in [0.15, 0.2) is 0 Å². The number of hydrogen-bond donors (Lipinski definition) is 2. The summed E-state index contributed by atoms with van der Waals surface area (Å²) < 4.78 is 0. The lowest BCUT2D eigenvalue weighted by molar-refractivity contribution is 0.429. The summed E-state index contributed by atoms with van der Waals surface area (Å²) >= 11 is 0. The molecule has 3 N–H and O–H groups in total. The van der Waals surface area contributed by atoms with Crippen molar-refractivity contribution in [3.05, 3.63) is 24.9 Å². The van der Waals surface area contributed by atoms with E-state index >= 15 is 0 Å². The van der Waals surface area contributed by atoms with Crippen LogP contribution in [0.4, 0.5) is 0 Å². The van der Waals surface area contributed by atoms with E-state index in [2.05, 4.69) is 25.4 Å². The average molecular weight is 182 g/mol. The van der Waals surface area contributed by atoms with Crippen molar-refractivity contribution in [1.29, 1.82) is 0 Å². The summed E-state index contributed by atoms with van der Waals surface area (Å²) in [4.78, 5) is 0. The van der Waals surface area contributed by atoms with Gasteiger partial charge in [-0.3, -0.25) is 0 Å². The second kappa shape index (κ2) is 5.81. The lowest BCUT2D eigenvalue weighted by Crippen LogP contribution is -2.40. The molecule has 1 atom stereocenters. The predicted octanol–water partition coefficient (Wildman–Crippen LogP) is 2.18. The maximum Gasteiger partial charge on any atom is 0.0361 e. The van der Waals surface area contributed by atoms with Gasteiger partial charge >= 0.3 is 0 Å². The van der Waals surface area contributed by atoms with Gasteiger partial charge in [0, 0.05) is 12.1 Å². The summed E-state index contributed by atoms with van der Waals surface area (Å²) in [7, 11) is 0. The summed E-state index contributed by atoms with van der Waals surface area (Å²) in [6, 6.07) is 0. The summed E-state index contributed by atoms with van der Waals surface area (Å²) in [6.45, 7) is 12.6. The highest BCUT2D eigenvalue weighted by Crippen LogP contribution is 2.21. The van der Waals surface area contributed by atoms with Crippen molar-refractivity contribution in [2.45, 2.75) is 38.6 Å². The Morgan fingerprint density at radius 3 is 2.62 bits per heavy atom. The van der Waals surface area contributed by atoms with Gasteiger partial charge in [-0.2, -0.15) is 0 Å². The van der Waals surface area contributed by atoms with Crippen LogP contribution in [0.1, 0.15) is 33.1 Å². The molecule has 0 aromatic heterocycles. The molecule has 0 radical (unpaired) electrons. The van der Waals surface area contributed by atoms with E-state index in [9.17, 15) is 0 Å². The topological polar surface area (TPSA) is 38.0 Å². The van der Waals surface area contributed by atoms with Crippen LogP contribution < -0.4 is 11.1 Å². The Labute approximate surface area is 81.9 Å². The number of nitrogens with two attached hydrogens (primary N) is 1. The van der Waals surface area contributed by atoms with E-state index in [1.165, 1.54) is 0 Å². The molecule has 0 bridgehead atoms. The zero-order valence-corrected chi connectivity index (χ0v) is 8.90. The van der Waals surface area contributed by atoms with Gasteiger partial charge in [-0.25, -0.2) is 0 Å². The van der Waals surface area contributed by atoms with Crippen molar-refractivity contribution < 1.29 is 0 Å². The van der Waals surface area contributed by atoms with Crippen LogP contribution in [0.25, 0.3) is 0 Å². The van der Waals surface area contributed by atoms with E-state index in [0.29, 0.717) is 0 Å². The SMILES string of the molecule is C=CNCCCC(N)(CC)C(=C)C. The van der Waals surface area contributed by atoms with Crippen LogP contribution in [-0.2, 0) is 0 Å². The van der Waals surface area contributed by atoms with E-state index in [4.69, 9.17) is 5.73 Å². The fraction of sp³-hybridized carbons (Fsp3) is 0.636. The van der Waals surface area contributed by atoms with E-state index < -0.39 is 0 Å². The van der Waals surface area contributed by atoms with Crippen molar-refractivity contribution in [3.63, 3.8) is 0 Å². The lowest BCUT2D eigenvalue weighted by atomic mass is 9.85. The lowest BCUT2D eigenvalue weighted by Gasteiger charge is -2.28. The molecule has 0 saturated heterocycles. The van der Waals surface area contributed by atoms with Gasteiger partial charge in [-0.05, 0) is 32.4 Å². The predicted molar refractivity (Wildman–Crippen MR) is 59.5 cm³/mol. The largest absolute Gasteiger partial charge is 0.391 e. The molecule has 2 nitrogen and oxygen atoms in total. The van der Waals surface area contributed by atoms with Gasteiger partial charge in [-0.15, -0.1) is 0 Å². The molecule has 0 aromatic carbocycles. The standard InChI is InChI=1S/C11H22N2/c1-5-11(12,10(3)4)8-7-9-13-6-2/h6,13H,2-3,5,7-9,12H2,1,4H3.